The molecule has 6 heteroatoms. The SMILES string of the molecule is NCCCCCc1nn2cnnc2s1. The Bertz CT molecular complexity index is 364. The number of hydrogen-bond donors (Lipinski definition) is 1. The van der Waals surface area contributed by atoms with Crippen molar-refractivity contribution in [2.75, 3.05) is 6.54 Å². The first-order chi connectivity index (χ1) is 6.90. The van der Waals surface area contributed by atoms with E-state index in [1.807, 2.05) is 0 Å². The van der Waals surface area contributed by atoms with Gasteiger partial charge in [-0.2, -0.15) is 9.61 Å². The number of unbranched alkanes of at least 4 members (excludes halogenated alkanes) is 2. The minimum absolute atomic E-state index is 0.783. The minimum atomic E-state index is 0.783. The summed E-state index contributed by atoms with van der Waals surface area (Å²) in [5, 5.41) is 13.2. The third-order valence-corrected chi connectivity index (χ3v) is 3.00. The molecule has 2 aromatic heterocycles. The summed E-state index contributed by atoms with van der Waals surface area (Å²) >= 11 is 1.61. The molecule has 2 rings (SSSR count). The van der Waals surface area contributed by atoms with Gasteiger partial charge in [0.25, 0.3) is 0 Å². The monoisotopic (exact) mass is 211 g/mol. The van der Waals surface area contributed by atoms with E-state index in [0.717, 1.165) is 35.8 Å². The zero-order valence-electron chi connectivity index (χ0n) is 7.89. The Kier molecular flexibility index (Phi) is 3.05. The summed E-state index contributed by atoms with van der Waals surface area (Å²) in [5.41, 5.74) is 5.42. The highest BCUT2D eigenvalue weighted by molar-refractivity contribution is 7.16. The van der Waals surface area contributed by atoms with Crippen molar-refractivity contribution < 1.29 is 0 Å². The maximum atomic E-state index is 5.42. The molecule has 0 aliphatic heterocycles. The van der Waals surface area contributed by atoms with Crippen molar-refractivity contribution in [1.82, 2.24) is 19.8 Å². The van der Waals surface area contributed by atoms with Crippen molar-refractivity contribution >= 4 is 16.3 Å². The molecule has 0 bridgehead atoms. The van der Waals surface area contributed by atoms with Gasteiger partial charge in [-0.1, -0.05) is 17.8 Å². The molecule has 14 heavy (non-hydrogen) atoms. The first kappa shape index (κ1) is 9.54. The topological polar surface area (TPSA) is 69.1 Å². The lowest BCUT2D eigenvalue weighted by Gasteiger charge is -1.94. The van der Waals surface area contributed by atoms with E-state index in [1.54, 1.807) is 22.2 Å². The Morgan fingerprint density at radius 1 is 1.36 bits per heavy atom. The molecule has 0 saturated carbocycles. The van der Waals surface area contributed by atoms with Crippen LogP contribution in [0.15, 0.2) is 6.33 Å². The molecule has 0 fully saturated rings. The third kappa shape index (κ3) is 2.08. The van der Waals surface area contributed by atoms with Crippen LogP contribution in [-0.4, -0.2) is 26.4 Å². The van der Waals surface area contributed by atoms with Crippen molar-refractivity contribution in [2.45, 2.75) is 25.7 Å². The van der Waals surface area contributed by atoms with Crippen LogP contribution in [0.4, 0.5) is 0 Å². The second-order valence-electron chi connectivity index (χ2n) is 3.15. The first-order valence-electron chi connectivity index (χ1n) is 4.76. The number of fused-ring (bicyclic) bond motifs is 1. The summed E-state index contributed by atoms with van der Waals surface area (Å²) in [6, 6.07) is 0. The number of nitrogens with two attached hydrogens (primary N) is 1. The first-order valence-corrected chi connectivity index (χ1v) is 5.57. The van der Waals surface area contributed by atoms with E-state index in [-0.39, 0.29) is 0 Å². The van der Waals surface area contributed by atoms with Crippen LogP contribution in [0.2, 0.25) is 0 Å². The summed E-state index contributed by atoms with van der Waals surface area (Å²) < 4.78 is 1.73. The van der Waals surface area contributed by atoms with Gasteiger partial charge in [-0.25, -0.2) is 0 Å². The van der Waals surface area contributed by atoms with Gasteiger partial charge in [0.15, 0.2) is 0 Å². The van der Waals surface area contributed by atoms with Gasteiger partial charge < -0.3 is 5.73 Å². The average Bonchev–Trinajstić information content (AvgIpc) is 2.72. The molecule has 0 saturated heterocycles. The Balaban J connectivity index is 1.89. The molecule has 76 valence electrons. The molecule has 2 aromatic rings. The summed E-state index contributed by atoms with van der Waals surface area (Å²) in [6.07, 6.45) is 6.09. The lowest BCUT2D eigenvalue weighted by Crippen LogP contribution is -1.98. The Labute approximate surface area is 86.0 Å². The van der Waals surface area contributed by atoms with Gasteiger partial charge in [0.05, 0.1) is 0 Å². The highest BCUT2D eigenvalue weighted by atomic mass is 32.1. The molecule has 0 amide bonds. The average molecular weight is 211 g/mol. The van der Waals surface area contributed by atoms with Crippen LogP contribution in [0.25, 0.3) is 4.96 Å². The third-order valence-electron chi connectivity index (χ3n) is 2.02. The van der Waals surface area contributed by atoms with Crippen LogP contribution in [0.1, 0.15) is 24.3 Å². The molecule has 0 aliphatic carbocycles. The minimum Gasteiger partial charge on any atom is -0.330 e. The fraction of sp³-hybridized carbons (Fsp3) is 0.625. The van der Waals surface area contributed by atoms with Gasteiger partial charge in [0.2, 0.25) is 4.96 Å². The largest absolute Gasteiger partial charge is 0.330 e. The molecule has 0 spiro atoms. The van der Waals surface area contributed by atoms with Crippen LogP contribution in [-0.2, 0) is 6.42 Å². The highest BCUT2D eigenvalue weighted by Crippen LogP contribution is 2.14. The Hall–Kier alpha value is -1.01. The van der Waals surface area contributed by atoms with Gasteiger partial charge in [0, 0.05) is 6.42 Å². The van der Waals surface area contributed by atoms with Crippen molar-refractivity contribution in [2.24, 2.45) is 5.73 Å². The van der Waals surface area contributed by atoms with Crippen LogP contribution in [0.3, 0.4) is 0 Å². The van der Waals surface area contributed by atoms with E-state index < -0.39 is 0 Å². The summed E-state index contributed by atoms with van der Waals surface area (Å²) in [7, 11) is 0. The number of nitrogens with zero attached hydrogens (tertiary/aromatic N) is 4. The fourth-order valence-electron chi connectivity index (χ4n) is 1.30. The van der Waals surface area contributed by atoms with Crippen LogP contribution in [0, 0.1) is 0 Å². The lowest BCUT2D eigenvalue weighted by atomic mass is 10.2. The standard InChI is InChI=1S/C8H13N5S/c9-5-3-1-2-4-7-12-13-6-10-11-8(13)14-7/h6H,1-5,9H2. The number of aromatic nitrogens is 4. The molecule has 0 radical (unpaired) electrons. The Morgan fingerprint density at radius 3 is 3.07 bits per heavy atom. The number of hydrogen-bond acceptors (Lipinski definition) is 5. The van der Waals surface area contributed by atoms with E-state index in [1.165, 1.54) is 6.42 Å². The maximum Gasteiger partial charge on any atom is 0.234 e. The summed E-state index contributed by atoms with van der Waals surface area (Å²) in [6.45, 7) is 0.783. The molecule has 0 unspecified atom stereocenters. The van der Waals surface area contributed by atoms with Gasteiger partial charge in [-0.3, -0.25) is 0 Å². The van der Waals surface area contributed by atoms with Gasteiger partial charge in [0.1, 0.15) is 11.3 Å². The second kappa shape index (κ2) is 4.47. The fourth-order valence-corrected chi connectivity index (χ4v) is 2.15. The molecule has 0 aromatic carbocycles. The van der Waals surface area contributed by atoms with Gasteiger partial charge in [-0.05, 0) is 19.4 Å². The second-order valence-corrected chi connectivity index (χ2v) is 4.19. The van der Waals surface area contributed by atoms with E-state index in [9.17, 15) is 0 Å². The van der Waals surface area contributed by atoms with Crippen molar-refractivity contribution in [1.29, 1.82) is 0 Å². The lowest BCUT2D eigenvalue weighted by molar-refractivity contribution is 0.679. The van der Waals surface area contributed by atoms with Crippen LogP contribution < -0.4 is 5.73 Å². The maximum absolute atomic E-state index is 5.42. The molecular formula is C8H13N5S. The molecule has 0 atom stereocenters. The van der Waals surface area contributed by atoms with Gasteiger partial charge in [-0.15, -0.1) is 10.2 Å². The molecule has 2 heterocycles. The predicted molar refractivity (Wildman–Crippen MR) is 55.3 cm³/mol. The van der Waals surface area contributed by atoms with Crippen molar-refractivity contribution in [3.05, 3.63) is 11.3 Å². The zero-order chi connectivity index (χ0) is 9.80. The van der Waals surface area contributed by atoms with Crippen molar-refractivity contribution in [3.8, 4) is 0 Å². The molecule has 2 N–H and O–H groups in total. The molecular weight excluding hydrogens is 198 g/mol. The van der Waals surface area contributed by atoms with Gasteiger partial charge >= 0.3 is 0 Å². The number of aryl methyl sites for hydroxylation is 1. The van der Waals surface area contributed by atoms with E-state index >= 15 is 0 Å². The zero-order valence-corrected chi connectivity index (χ0v) is 8.70. The normalized spacial score (nSPS) is 11.2. The van der Waals surface area contributed by atoms with E-state index in [0.29, 0.717) is 0 Å². The smallest absolute Gasteiger partial charge is 0.234 e. The predicted octanol–water partition coefficient (Wildman–Crippen LogP) is 0.857. The molecule has 0 aliphatic rings. The van der Waals surface area contributed by atoms with Crippen LogP contribution in [0.5, 0.6) is 0 Å². The van der Waals surface area contributed by atoms with E-state index in [4.69, 9.17) is 5.73 Å². The molecule has 5 nitrogen and oxygen atoms in total. The quantitative estimate of drug-likeness (QED) is 0.745. The highest BCUT2D eigenvalue weighted by Gasteiger charge is 2.03. The van der Waals surface area contributed by atoms with Crippen molar-refractivity contribution in [3.63, 3.8) is 0 Å². The number of rotatable bonds is 5. The summed E-state index contributed by atoms with van der Waals surface area (Å²) in [4.78, 5) is 0.874. The Morgan fingerprint density at radius 2 is 2.29 bits per heavy atom. The van der Waals surface area contributed by atoms with E-state index in [2.05, 4.69) is 15.3 Å². The van der Waals surface area contributed by atoms with Crippen LogP contribution >= 0.6 is 11.3 Å². The summed E-state index contributed by atoms with van der Waals surface area (Å²) in [5.74, 6) is 0.